The third-order valence-corrected chi connectivity index (χ3v) is 1.73. The second kappa shape index (κ2) is 4.91. The van der Waals surface area contributed by atoms with Crippen LogP contribution in [-0.4, -0.2) is 23.6 Å². The van der Waals surface area contributed by atoms with Crippen molar-refractivity contribution >= 4 is 0 Å². The van der Waals surface area contributed by atoms with Gasteiger partial charge in [0.1, 0.15) is 0 Å². The molecule has 0 fully saturated rings. The molecule has 1 aromatic rings. The fourth-order valence-electron chi connectivity index (χ4n) is 1.07. The average molecular weight is 189 g/mol. The van der Waals surface area contributed by atoms with Crippen LogP contribution in [0, 0.1) is 0 Å². The van der Waals surface area contributed by atoms with Crippen LogP contribution in [0.3, 0.4) is 0 Å². The molecular weight excluding hydrogens is 176 g/mol. The van der Waals surface area contributed by atoms with Crippen molar-refractivity contribution in [3.8, 4) is 0 Å². The van der Waals surface area contributed by atoms with Crippen molar-refractivity contribution in [1.29, 1.82) is 0 Å². The lowest BCUT2D eigenvalue weighted by molar-refractivity contribution is 0.141. The van der Waals surface area contributed by atoms with Crippen LogP contribution in [-0.2, 0) is 6.42 Å². The van der Waals surface area contributed by atoms with E-state index in [0.717, 1.165) is 25.1 Å². The molecule has 0 radical (unpaired) electrons. The zero-order valence-corrected chi connectivity index (χ0v) is 7.48. The van der Waals surface area contributed by atoms with E-state index in [1.165, 1.54) is 6.20 Å². The summed E-state index contributed by atoms with van der Waals surface area (Å²) in [7, 11) is 1.86. The lowest BCUT2D eigenvalue weighted by atomic mass is 10.2. The number of aromatic amines is 1. The van der Waals surface area contributed by atoms with Gasteiger partial charge >= 0.3 is 0 Å². The molecule has 74 valence electrons. The molecule has 0 aliphatic heterocycles. The summed E-state index contributed by atoms with van der Waals surface area (Å²) in [5, 5.41) is 2.99. The Balaban J connectivity index is 2.40. The van der Waals surface area contributed by atoms with Gasteiger partial charge in [0, 0.05) is 11.9 Å². The summed E-state index contributed by atoms with van der Waals surface area (Å²) in [5.41, 5.74) is 0.769. The van der Waals surface area contributed by atoms with Gasteiger partial charge in [-0.1, -0.05) is 0 Å². The predicted molar refractivity (Wildman–Crippen MR) is 45.8 cm³/mol. The second-order valence-electron chi connectivity index (χ2n) is 2.80. The highest BCUT2D eigenvalue weighted by atomic mass is 19.3. The average Bonchev–Trinajstić information content (AvgIpc) is 2.53. The van der Waals surface area contributed by atoms with E-state index < -0.39 is 6.43 Å². The molecule has 0 aliphatic rings. The summed E-state index contributed by atoms with van der Waals surface area (Å²) in [4.78, 5) is 6.15. The van der Waals surface area contributed by atoms with Crippen LogP contribution in [0.15, 0.2) is 6.20 Å². The minimum atomic E-state index is -2.50. The van der Waals surface area contributed by atoms with Gasteiger partial charge in [-0.05, 0) is 26.4 Å². The Morgan fingerprint density at radius 1 is 1.62 bits per heavy atom. The van der Waals surface area contributed by atoms with Crippen LogP contribution in [0.4, 0.5) is 8.78 Å². The summed E-state index contributed by atoms with van der Waals surface area (Å²) in [6, 6.07) is 0. The summed E-state index contributed by atoms with van der Waals surface area (Å²) in [6.07, 6.45) is 0.636. The molecule has 0 bridgehead atoms. The number of nitrogens with zero attached hydrogens (tertiary/aromatic N) is 1. The Kier molecular flexibility index (Phi) is 3.82. The Bertz CT molecular complexity index is 247. The molecular formula is C8H13F2N3. The number of rotatable bonds is 5. The normalized spacial score (nSPS) is 11.1. The van der Waals surface area contributed by atoms with Crippen LogP contribution < -0.4 is 5.32 Å². The van der Waals surface area contributed by atoms with Gasteiger partial charge in [-0.3, -0.25) is 0 Å². The molecule has 2 N–H and O–H groups in total. The molecule has 0 unspecified atom stereocenters. The SMILES string of the molecule is CNCCCc1cnc(C(F)F)[nH]1. The Morgan fingerprint density at radius 3 is 2.92 bits per heavy atom. The van der Waals surface area contributed by atoms with Gasteiger partial charge in [0.2, 0.25) is 0 Å². The smallest absolute Gasteiger partial charge is 0.295 e. The lowest BCUT2D eigenvalue weighted by Crippen LogP contribution is -2.08. The van der Waals surface area contributed by atoms with Crippen LogP contribution >= 0.6 is 0 Å². The minimum Gasteiger partial charge on any atom is -0.341 e. The fourth-order valence-corrected chi connectivity index (χ4v) is 1.07. The van der Waals surface area contributed by atoms with Crippen molar-refractivity contribution in [3.05, 3.63) is 17.7 Å². The minimum absolute atomic E-state index is 0.237. The molecule has 0 aliphatic carbocycles. The summed E-state index contributed by atoms with van der Waals surface area (Å²) < 4.78 is 24.1. The van der Waals surface area contributed by atoms with Crippen LogP contribution in [0.5, 0.6) is 0 Å². The van der Waals surface area contributed by atoms with Crippen molar-refractivity contribution in [2.24, 2.45) is 0 Å². The zero-order chi connectivity index (χ0) is 9.68. The van der Waals surface area contributed by atoms with Crippen molar-refractivity contribution in [2.75, 3.05) is 13.6 Å². The molecule has 1 aromatic heterocycles. The van der Waals surface area contributed by atoms with E-state index in [9.17, 15) is 8.78 Å². The molecule has 1 heterocycles. The Hall–Kier alpha value is -0.970. The number of aromatic nitrogens is 2. The van der Waals surface area contributed by atoms with E-state index in [1.807, 2.05) is 7.05 Å². The van der Waals surface area contributed by atoms with Gasteiger partial charge in [-0.25, -0.2) is 13.8 Å². The first-order valence-corrected chi connectivity index (χ1v) is 4.20. The van der Waals surface area contributed by atoms with E-state index in [-0.39, 0.29) is 5.82 Å². The molecule has 5 heteroatoms. The van der Waals surface area contributed by atoms with Gasteiger partial charge < -0.3 is 10.3 Å². The maximum atomic E-state index is 12.1. The third-order valence-electron chi connectivity index (χ3n) is 1.73. The van der Waals surface area contributed by atoms with Gasteiger partial charge in [-0.2, -0.15) is 0 Å². The number of hydrogen-bond donors (Lipinski definition) is 2. The lowest BCUT2D eigenvalue weighted by Gasteiger charge is -1.96. The molecule has 0 aromatic carbocycles. The highest BCUT2D eigenvalue weighted by molar-refractivity contribution is 5.02. The molecule has 0 atom stereocenters. The number of aryl methyl sites for hydroxylation is 1. The highest BCUT2D eigenvalue weighted by Crippen LogP contribution is 2.14. The number of imidazole rings is 1. The molecule has 0 amide bonds. The summed E-state index contributed by atoms with van der Waals surface area (Å²) in [6.45, 7) is 0.878. The van der Waals surface area contributed by atoms with Gasteiger partial charge in [0.05, 0.1) is 0 Å². The second-order valence-corrected chi connectivity index (χ2v) is 2.80. The van der Waals surface area contributed by atoms with Gasteiger partial charge in [0.25, 0.3) is 6.43 Å². The van der Waals surface area contributed by atoms with Crippen LogP contribution in [0.1, 0.15) is 24.4 Å². The molecule has 3 nitrogen and oxygen atoms in total. The van der Waals surface area contributed by atoms with Crippen molar-refractivity contribution in [1.82, 2.24) is 15.3 Å². The number of hydrogen-bond acceptors (Lipinski definition) is 2. The third kappa shape index (κ3) is 3.10. The maximum absolute atomic E-state index is 12.1. The Morgan fingerprint density at radius 2 is 2.38 bits per heavy atom. The fraction of sp³-hybridized carbons (Fsp3) is 0.625. The van der Waals surface area contributed by atoms with Crippen molar-refractivity contribution in [3.63, 3.8) is 0 Å². The van der Waals surface area contributed by atoms with Crippen LogP contribution in [0.2, 0.25) is 0 Å². The van der Waals surface area contributed by atoms with Gasteiger partial charge in [0.15, 0.2) is 5.82 Å². The van der Waals surface area contributed by atoms with E-state index in [4.69, 9.17) is 0 Å². The molecule has 0 spiro atoms. The monoisotopic (exact) mass is 189 g/mol. The Labute approximate surface area is 75.6 Å². The van der Waals surface area contributed by atoms with Crippen LogP contribution in [0.25, 0.3) is 0 Å². The molecule has 0 saturated carbocycles. The zero-order valence-electron chi connectivity index (χ0n) is 7.48. The molecule has 13 heavy (non-hydrogen) atoms. The van der Waals surface area contributed by atoms with E-state index >= 15 is 0 Å². The quantitative estimate of drug-likeness (QED) is 0.689. The first kappa shape index (κ1) is 10.1. The predicted octanol–water partition coefficient (Wildman–Crippen LogP) is 1.50. The number of halogens is 2. The number of nitrogens with one attached hydrogen (secondary N) is 2. The number of H-pyrrole nitrogens is 1. The first-order chi connectivity index (χ1) is 6.24. The summed E-state index contributed by atoms with van der Waals surface area (Å²) >= 11 is 0. The van der Waals surface area contributed by atoms with E-state index in [0.29, 0.717) is 0 Å². The van der Waals surface area contributed by atoms with Crippen molar-refractivity contribution < 1.29 is 8.78 Å². The topological polar surface area (TPSA) is 40.7 Å². The molecule has 0 saturated heterocycles. The van der Waals surface area contributed by atoms with E-state index in [2.05, 4.69) is 15.3 Å². The standard InChI is InChI=1S/C8H13F2N3/c1-11-4-2-3-6-5-12-8(13-6)7(9)10/h5,7,11H,2-4H2,1H3,(H,12,13). The molecule has 1 rings (SSSR count). The highest BCUT2D eigenvalue weighted by Gasteiger charge is 2.10. The largest absolute Gasteiger partial charge is 0.341 e. The van der Waals surface area contributed by atoms with Crippen molar-refractivity contribution in [2.45, 2.75) is 19.3 Å². The first-order valence-electron chi connectivity index (χ1n) is 4.20. The number of alkyl halides is 2. The maximum Gasteiger partial charge on any atom is 0.295 e. The van der Waals surface area contributed by atoms with E-state index in [1.54, 1.807) is 0 Å². The summed E-state index contributed by atoms with van der Waals surface area (Å²) in [5.74, 6) is -0.237. The van der Waals surface area contributed by atoms with Gasteiger partial charge in [-0.15, -0.1) is 0 Å².